The first-order valence-corrected chi connectivity index (χ1v) is 9.80. The van der Waals surface area contributed by atoms with Crippen molar-refractivity contribution in [1.29, 1.82) is 0 Å². The quantitative estimate of drug-likeness (QED) is 0.372. The number of nitrogens with zero attached hydrogens (tertiary/aromatic N) is 1. The van der Waals surface area contributed by atoms with E-state index in [1.165, 1.54) is 11.6 Å². The van der Waals surface area contributed by atoms with E-state index < -0.39 is 5.91 Å². The summed E-state index contributed by atoms with van der Waals surface area (Å²) in [4.78, 5) is 26.5. The zero-order valence-electron chi connectivity index (χ0n) is 16.4. The summed E-state index contributed by atoms with van der Waals surface area (Å²) in [5.74, 6) is -0.632. The van der Waals surface area contributed by atoms with Crippen LogP contribution in [0.1, 0.15) is 38.7 Å². The van der Waals surface area contributed by atoms with Crippen LogP contribution in [0, 0.1) is 0 Å². The number of carbonyl (C=O) groups is 2. The highest BCUT2D eigenvalue weighted by molar-refractivity contribution is 5.99. The van der Waals surface area contributed by atoms with E-state index in [0.29, 0.717) is 12.1 Å². The second-order valence-electron chi connectivity index (χ2n) is 7.28. The first kappa shape index (κ1) is 19.6. The van der Waals surface area contributed by atoms with Crippen LogP contribution in [0.25, 0.3) is 6.08 Å². The summed E-state index contributed by atoms with van der Waals surface area (Å²) in [7, 11) is 0. The van der Waals surface area contributed by atoms with Crippen molar-refractivity contribution in [2.24, 2.45) is 0 Å². The van der Waals surface area contributed by atoms with E-state index >= 15 is 0 Å². The summed E-state index contributed by atoms with van der Waals surface area (Å²) in [6.07, 6.45) is 3.52. The minimum absolute atomic E-state index is 0.0170. The van der Waals surface area contributed by atoms with Crippen LogP contribution in [0.2, 0.25) is 0 Å². The number of fused-ring (bicyclic) bond motifs is 1. The van der Waals surface area contributed by atoms with Crippen molar-refractivity contribution in [3.63, 3.8) is 0 Å². The molecular weight excluding hydrogens is 376 g/mol. The van der Waals surface area contributed by atoms with Gasteiger partial charge in [-0.2, -0.15) is 0 Å². The third-order valence-electron chi connectivity index (χ3n) is 5.34. The summed E-state index contributed by atoms with van der Waals surface area (Å²) < 4.78 is 0. The molecule has 2 N–H and O–H groups in total. The molecule has 1 unspecified atom stereocenters. The average molecular weight is 398 g/mol. The zero-order valence-corrected chi connectivity index (χ0v) is 16.4. The van der Waals surface area contributed by atoms with Gasteiger partial charge in [0.1, 0.15) is 0 Å². The third-order valence-corrected chi connectivity index (χ3v) is 5.34. The Morgan fingerprint density at radius 2 is 1.73 bits per heavy atom. The van der Waals surface area contributed by atoms with Crippen LogP contribution in [-0.2, 0) is 17.8 Å². The summed E-state index contributed by atoms with van der Waals surface area (Å²) in [5.41, 5.74) is 6.18. The van der Waals surface area contributed by atoms with Gasteiger partial charge in [-0.05, 0) is 40.8 Å². The number of nitrogens with one attached hydrogen (secondary N) is 1. The van der Waals surface area contributed by atoms with Gasteiger partial charge in [0.2, 0.25) is 0 Å². The molecule has 0 bridgehead atoms. The SMILES string of the molecule is O=C(/C=C/c1ccc2c(c1)C(=O)N(C(Cc1ccccc1)c1ccccc1)C2)NO. The molecule has 1 atom stereocenters. The van der Waals surface area contributed by atoms with Crippen LogP contribution >= 0.6 is 0 Å². The Bertz CT molecular complexity index is 1080. The van der Waals surface area contributed by atoms with Gasteiger partial charge in [0.25, 0.3) is 11.8 Å². The standard InChI is InChI=1S/C25H22N2O3/c28-24(26-30)14-12-19-11-13-21-17-27(25(29)22(21)15-19)23(20-9-5-2-6-10-20)16-18-7-3-1-4-8-18/h1-15,23,30H,16-17H2,(H,26,28)/b14-12+. The molecule has 1 aliphatic heterocycles. The van der Waals surface area contributed by atoms with Crippen molar-refractivity contribution in [2.45, 2.75) is 19.0 Å². The Morgan fingerprint density at radius 3 is 2.43 bits per heavy atom. The van der Waals surface area contributed by atoms with Crippen molar-refractivity contribution >= 4 is 17.9 Å². The van der Waals surface area contributed by atoms with Crippen molar-refractivity contribution in [2.75, 3.05) is 0 Å². The second kappa shape index (κ2) is 8.76. The number of hydroxylamine groups is 1. The van der Waals surface area contributed by atoms with Crippen molar-refractivity contribution in [3.8, 4) is 0 Å². The van der Waals surface area contributed by atoms with E-state index in [9.17, 15) is 9.59 Å². The number of amides is 2. The predicted molar refractivity (Wildman–Crippen MR) is 115 cm³/mol. The van der Waals surface area contributed by atoms with Gasteiger partial charge >= 0.3 is 0 Å². The topological polar surface area (TPSA) is 69.6 Å². The van der Waals surface area contributed by atoms with Gasteiger partial charge in [-0.25, -0.2) is 5.48 Å². The van der Waals surface area contributed by atoms with Crippen molar-refractivity contribution in [1.82, 2.24) is 10.4 Å². The molecule has 30 heavy (non-hydrogen) atoms. The van der Waals surface area contributed by atoms with Gasteiger partial charge in [0.05, 0.1) is 6.04 Å². The maximum atomic E-state index is 13.3. The van der Waals surface area contributed by atoms with Crippen molar-refractivity contribution < 1.29 is 14.8 Å². The lowest BCUT2D eigenvalue weighted by Crippen LogP contribution is -2.30. The molecule has 1 heterocycles. The molecule has 150 valence electrons. The molecule has 1 aliphatic rings. The Balaban J connectivity index is 1.64. The van der Waals surface area contributed by atoms with Crippen LogP contribution in [0.15, 0.2) is 84.9 Å². The second-order valence-corrected chi connectivity index (χ2v) is 7.28. The molecular formula is C25H22N2O3. The van der Waals surface area contributed by atoms with Gasteiger partial charge in [-0.15, -0.1) is 0 Å². The minimum atomic E-state index is -0.615. The summed E-state index contributed by atoms with van der Waals surface area (Å²) in [5, 5.41) is 8.62. The lowest BCUT2D eigenvalue weighted by molar-refractivity contribution is -0.124. The number of hydrogen-bond acceptors (Lipinski definition) is 3. The average Bonchev–Trinajstić information content (AvgIpc) is 3.12. The van der Waals surface area contributed by atoms with E-state index in [1.807, 2.05) is 53.4 Å². The first-order valence-electron chi connectivity index (χ1n) is 9.80. The Kier molecular flexibility index (Phi) is 5.72. The van der Waals surface area contributed by atoms with Crippen LogP contribution in [0.5, 0.6) is 0 Å². The predicted octanol–water partition coefficient (Wildman–Crippen LogP) is 4.15. The smallest absolute Gasteiger partial charge is 0.267 e. The maximum absolute atomic E-state index is 13.3. The third kappa shape index (κ3) is 4.16. The Labute approximate surface area is 175 Å². The van der Waals surface area contributed by atoms with E-state index in [1.54, 1.807) is 17.6 Å². The largest absolute Gasteiger partial charge is 0.327 e. The van der Waals surface area contributed by atoms with E-state index in [2.05, 4.69) is 24.3 Å². The fraction of sp³-hybridized carbons (Fsp3) is 0.120. The Hall–Kier alpha value is -3.70. The van der Waals surface area contributed by atoms with Crippen LogP contribution in [0.4, 0.5) is 0 Å². The van der Waals surface area contributed by atoms with Crippen LogP contribution < -0.4 is 5.48 Å². The van der Waals surface area contributed by atoms with E-state index in [-0.39, 0.29) is 11.9 Å². The van der Waals surface area contributed by atoms with Crippen molar-refractivity contribution in [3.05, 3.63) is 113 Å². The lowest BCUT2D eigenvalue weighted by atomic mass is 9.97. The highest BCUT2D eigenvalue weighted by Crippen LogP contribution is 2.34. The van der Waals surface area contributed by atoms with Gasteiger partial charge in [0.15, 0.2) is 0 Å². The number of carbonyl (C=O) groups excluding carboxylic acids is 2. The fourth-order valence-corrected chi connectivity index (χ4v) is 3.83. The molecule has 0 spiro atoms. The molecule has 0 fully saturated rings. The summed E-state index contributed by atoms with van der Waals surface area (Å²) in [6.45, 7) is 0.543. The Morgan fingerprint density at radius 1 is 1.03 bits per heavy atom. The molecule has 0 saturated carbocycles. The maximum Gasteiger partial charge on any atom is 0.267 e. The molecule has 3 aromatic carbocycles. The van der Waals surface area contributed by atoms with Gasteiger partial charge in [-0.1, -0.05) is 72.8 Å². The lowest BCUT2D eigenvalue weighted by Gasteiger charge is -2.28. The molecule has 5 heteroatoms. The molecule has 0 saturated heterocycles. The van der Waals surface area contributed by atoms with E-state index in [4.69, 9.17) is 5.21 Å². The summed E-state index contributed by atoms with van der Waals surface area (Å²) in [6, 6.07) is 25.8. The number of rotatable bonds is 6. The number of benzene rings is 3. The highest BCUT2D eigenvalue weighted by atomic mass is 16.5. The van der Waals surface area contributed by atoms with Gasteiger partial charge in [0, 0.05) is 18.2 Å². The van der Waals surface area contributed by atoms with Gasteiger partial charge in [-0.3, -0.25) is 14.8 Å². The van der Waals surface area contributed by atoms with E-state index in [0.717, 1.165) is 23.1 Å². The molecule has 2 amide bonds. The molecule has 0 aliphatic carbocycles. The highest BCUT2D eigenvalue weighted by Gasteiger charge is 2.33. The zero-order chi connectivity index (χ0) is 20.9. The molecule has 0 aromatic heterocycles. The molecule has 4 rings (SSSR count). The normalized spacial score (nSPS) is 14.0. The van der Waals surface area contributed by atoms with Crippen LogP contribution in [0.3, 0.4) is 0 Å². The fourth-order valence-electron chi connectivity index (χ4n) is 3.83. The van der Waals surface area contributed by atoms with Crippen LogP contribution in [-0.4, -0.2) is 21.9 Å². The number of hydrogen-bond donors (Lipinski definition) is 2. The van der Waals surface area contributed by atoms with Gasteiger partial charge < -0.3 is 4.90 Å². The molecule has 3 aromatic rings. The summed E-state index contributed by atoms with van der Waals surface area (Å²) >= 11 is 0. The molecule has 5 nitrogen and oxygen atoms in total. The molecule has 0 radical (unpaired) electrons. The minimum Gasteiger partial charge on any atom is -0.327 e. The monoisotopic (exact) mass is 398 g/mol. The first-order chi connectivity index (χ1) is 14.7.